The summed E-state index contributed by atoms with van der Waals surface area (Å²) in [4.78, 5) is 31.4. The molecule has 3 rings (SSSR count). The van der Waals surface area contributed by atoms with Crippen LogP contribution in [0.15, 0.2) is 53.4 Å². The minimum atomic E-state index is -0.0875. The van der Waals surface area contributed by atoms with Crippen molar-refractivity contribution in [3.63, 3.8) is 0 Å². The first-order valence-electron chi connectivity index (χ1n) is 12.4. The number of hydrogen-bond acceptors (Lipinski definition) is 5. The summed E-state index contributed by atoms with van der Waals surface area (Å²) in [5.41, 5.74) is 2.23. The van der Waals surface area contributed by atoms with Gasteiger partial charge in [0.2, 0.25) is 5.91 Å². The number of carbonyl (C=O) groups is 2. The van der Waals surface area contributed by atoms with Crippen LogP contribution in [0.4, 0.5) is 11.4 Å². The van der Waals surface area contributed by atoms with Crippen molar-refractivity contribution in [2.75, 3.05) is 55.2 Å². The molecule has 1 aliphatic rings. The Morgan fingerprint density at radius 1 is 1.06 bits per heavy atom. The average Bonchev–Trinajstić information content (AvgIpc) is 2.86. The molecular weight excluding hydrogens is 444 g/mol. The normalized spacial score (nSPS) is 14.3. The van der Waals surface area contributed by atoms with Gasteiger partial charge in [-0.05, 0) is 62.2 Å². The number of likely N-dealkylation sites (N-methyl/N-ethyl adjacent to an activating group) is 1. The highest BCUT2D eigenvalue weighted by molar-refractivity contribution is 8.00. The van der Waals surface area contributed by atoms with Gasteiger partial charge in [-0.1, -0.05) is 39.0 Å². The minimum absolute atomic E-state index is 0.0821. The molecule has 0 aliphatic carbocycles. The van der Waals surface area contributed by atoms with E-state index in [1.807, 2.05) is 48.5 Å². The van der Waals surface area contributed by atoms with Gasteiger partial charge < -0.3 is 20.4 Å². The van der Waals surface area contributed by atoms with E-state index in [2.05, 4.69) is 41.2 Å². The maximum atomic E-state index is 13.2. The Hall–Kier alpha value is -2.51. The molecule has 2 aromatic carbocycles. The number of nitrogens with zero attached hydrogens (tertiary/aromatic N) is 2. The molecule has 7 heteroatoms. The number of thioether (sulfide) groups is 1. The third-order valence-electron chi connectivity index (χ3n) is 6.37. The molecule has 2 amide bonds. The molecule has 0 spiro atoms. The summed E-state index contributed by atoms with van der Waals surface area (Å²) < 4.78 is 0. The van der Waals surface area contributed by atoms with E-state index in [1.54, 1.807) is 0 Å². The van der Waals surface area contributed by atoms with Gasteiger partial charge in [-0.25, -0.2) is 0 Å². The third kappa shape index (κ3) is 7.77. The van der Waals surface area contributed by atoms with Crippen LogP contribution in [-0.2, 0) is 4.79 Å². The summed E-state index contributed by atoms with van der Waals surface area (Å²) in [6, 6.07) is 15.6. The van der Waals surface area contributed by atoms with Crippen LogP contribution in [0, 0.1) is 5.92 Å². The molecule has 0 aromatic heterocycles. The fourth-order valence-corrected chi connectivity index (χ4v) is 4.87. The Kier molecular flexibility index (Phi) is 10.3. The van der Waals surface area contributed by atoms with Gasteiger partial charge in [0.25, 0.3) is 5.91 Å². The quantitative estimate of drug-likeness (QED) is 0.454. The number of nitrogens with one attached hydrogen (secondary N) is 2. The summed E-state index contributed by atoms with van der Waals surface area (Å²) in [5, 5.41) is 6.06. The molecule has 184 valence electrons. The van der Waals surface area contributed by atoms with Crippen LogP contribution in [0.1, 0.15) is 44.0 Å². The van der Waals surface area contributed by atoms with Gasteiger partial charge in [-0.3, -0.25) is 9.59 Å². The van der Waals surface area contributed by atoms with Crippen LogP contribution in [-0.4, -0.2) is 61.7 Å². The van der Waals surface area contributed by atoms with E-state index in [1.165, 1.54) is 11.8 Å². The predicted molar refractivity (Wildman–Crippen MR) is 143 cm³/mol. The van der Waals surface area contributed by atoms with Crippen molar-refractivity contribution in [2.45, 2.75) is 38.5 Å². The second kappa shape index (κ2) is 13.4. The van der Waals surface area contributed by atoms with Crippen LogP contribution < -0.4 is 15.5 Å². The third-order valence-corrected chi connectivity index (χ3v) is 7.38. The summed E-state index contributed by atoms with van der Waals surface area (Å²) in [7, 11) is 0. The summed E-state index contributed by atoms with van der Waals surface area (Å²) in [5.74, 6) is 0.862. The first-order chi connectivity index (χ1) is 16.5. The van der Waals surface area contributed by atoms with Crippen molar-refractivity contribution in [3.05, 3.63) is 54.1 Å². The zero-order valence-corrected chi connectivity index (χ0v) is 21.5. The maximum Gasteiger partial charge on any atom is 0.253 e. The van der Waals surface area contributed by atoms with E-state index in [-0.39, 0.29) is 11.8 Å². The fraction of sp³-hybridized carbons (Fsp3) is 0.481. The van der Waals surface area contributed by atoms with Crippen LogP contribution in [0.25, 0.3) is 0 Å². The minimum Gasteiger partial charge on any atom is -0.371 e. The van der Waals surface area contributed by atoms with Crippen molar-refractivity contribution in [1.29, 1.82) is 0 Å². The number of rotatable bonds is 11. The van der Waals surface area contributed by atoms with Gasteiger partial charge in [0.1, 0.15) is 0 Å². The number of hydrogen-bond donors (Lipinski definition) is 2. The number of benzene rings is 2. The van der Waals surface area contributed by atoms with Gasteiger partial charge in [0.05, 0.1) is 11.3 Å². The van der Waals surface area contributed by atoms with Gasteiger partial charge >= 0.3 is 0 Å². The van der Waals surface area contributed by atoms with Gasteiger partial charge in [-0.15, -0.1) is 11.8 Å². The zero-order chi connectivity index (χ0) is 24.3. The van der Waals surface area contributed by atoms with Crippen LogP contribution in [0.3, 0.4) is 0 Å². The molecule has 1 heterocycles. The van der Waals surface area contributed by atoms with E-state index in [0.717, 1.165) is 56.1 Å². The molecule has 0 unspecified atom stereocenters. The van der Waals surface area contributed by atoms with Crippen molar-refractivity contribution < 1.29 is 9.59 Å². The standard InChI is InChI=1S/C27H38N4O2S/c1-4-30(5-2)18-15-28-27(33)24-19-22(11-12-25(24)31-16-13-21(3)14-17-31)29-26(32)20-34-23-9-7-6-8-10-23/h6-12,19,21H,4-5,13-18,20H2,1-3H3,(H,28,33)(H,29,32). The van der Waals surface area contributed by atoms with Crippen molar-refractivity contribution in [1.82, 2.24) is 10.2 Å². The molecular formula is C27H38N4O2S. The summed E-state index contributed by atoms with van der Waals surface area (Å²) in [6.07, 6.45) is 2.25. The van der Waals surface area contributed by atoms with Crippen molar-refractivity contribution in [3.8, 4) is 0 Å². The Morgan fingerprint density at radius 2 is 1.76 bits per heavy atom. The molecule has 1 aliphatic heterocycles. The number of amides is 2. The smallest absolute Gasteiger partial charge is 0.253 e. The molecule has 1 fully saturated rings. The molecule has 2 N–H and O–H groups in total. The van der Waals surface area contributed by atoms with E-state index in [4.69, 9.17) is 0 Å². The van der Waals surface area contributed by atoms with Crippen LogP contribution >= 0.6 is 11.8 Å². The lowest BCUT2D eigenvalue weighted by atomic mass is 9.98. The lowest BCUT2D eigenvalue weighted by Gasteiger charge is -2.33. The highest BCUT2D eigenvalue weighted by atomic mass is 32.2. The fourth-order valence-electron chi connectivity index (χ4n) is 4.15. The number of piperidine rings is 1. The molecule has 0 atom stereocenters. The summed E-state index contributed by atoms with van der Waals surface area (Å²) in [6.45, 7) is 11.8. The molecule has 0 radical (unpaired) electrons. The topological polar surface area (TPSA) is 64.7 Å². The van der Waals surface area contributed by atoms with Crippen LogP contribution in [0.2, 0.25) is 0 Å². The van der Waals surface area contributed by atoms with Gasteiger partial charge in [0.15, 0.2) is 0 Å². The molecule has 6 nitrogen and oxygen atoms in total. The predicted octanol–water partition coefficient (Wildman–Crippen LogP) is 4.73. The Balaban J connectivity index is 1.69. The van der Waals surface area contributed by atoms with Gasteiger partial charge in [-0.2, -0.15) is 0 Å². The van der Waals surface area contributed by atoms with E-state index >= 15 is 0 Å². The van der Waals surface area contributed by atoms with Crippen LogP contribution in [0.5, 0.6) is 0 Å². The monoisotopic (exact) mass is 482 g/mol. The Labute approximate surface area is 208 Å². The Bertz CT molecular complexity index is 925. The van der Waals surface area contributed by atoms with Crippen molar-refractivity contribution >= 4 is 35.0 Å². The number of carbonyl (C=O) groups excluding carboxylic acids is 2. The summed E-state index contributed by atoms with van der Waals surface area (Å²) >= 11 is 1.50. The SMILES string of the molecule is CCN(CC)CCNC(=O)c1cc(NC(=O)CSc2ccccc2)ccc1N1CCC(C)CC1. The second-order valence-corrected chi connectivity index (χ2v) is 9.88. The molecule has 0 saturated carbocycles. The van der Waals surface area contributed by atoms with Gasteiger partial charge in [0, 0.05) is 42.4 Å². The highest BCUT2D eigenvalue weighted by Crippen LogP contribution is 2.29. The van der Waals surface area contributed by atoms with E-state index in [0.29, 0.717) is 29.5 Å². The second-order valence-electron chi connectivity index (χ2n) is 8.83. The first-order valence-corrected chi connectivity index (χ1v) is 13.4. The first kappa shape index (κ1) is 26.1. The lowest BCUT2D eigenvalue weighted by molar-refractivity contribution is -0.113. The molecule has 1 saturated heterocycles. The molecule has 34 heavy (non-hydrogen) atoms. The zero-order valence-electron chi connectivity index (χ0n) is 20.7. The average molecular weight is 483 g/mol. The highest BCUT2D eigenvalue weighted by Gasteiger charge is 2.22. The molecule has 0 bridgehead atoms. The molecule has 2 aromatic rings. The van der Waals surface area contributed by atoms with Crippen molar-refractivity contribution in [2.24, 2.45) is 5.92 Å². The number of anilines is 2. The van der Waals surface area contributed by atoms with E-state index < -0.39 is 0 Å². The Morgan fingerprint density at radius 3 is 2.44 bits per heavy atom. The lowest BCUT2D eigenvalue weighted by Crippen LogP contribution is -2.37. The maximum absolute atomic E-state index is 13.2. The largest absolute Gasteiger partial charge is 0.371 e. The van der Waals surface area contributed by atoms with E-state index in [9.17, 15) is 9.59 Å².